The number of aliphatic hydroxyl groups is 1. The molecule has 1 aliphatic rings. The summed E-state index contributed by atoms with van der Waals surface area (Å²) in [5.41, 5.74) is 1.03. The molecule has 1 heterocycles. The van der Waals surface area contributed by atoms with Crippen molar-refractivity contribution in [2.75, 3.05) is 0 Å². The number of aromatic nitrogens is 2. The van der Waals surface area contributed by atoms with Crippen LogP contribution in [0.3, 0.4) is 0 Å². The minimum absolute atomic E-state index is 0.234. The summed E-state index contributed by atoms with van der Waals surface area (Å²) in [5, 5.41) is 14.8. The van der Waals surface area contributed by atoms with Crippen LogP contribution in [0.15, 0.2) is 12.3 Å². The Bertz CT molecular complexity index is 366. The van der Waals surface area contributed by atoms with Crippen LogP contribution in [-0.2, 0) is 6.42 Å². The molecular formula is C15H26N2O. The van der Waals surface area contributed by atoms with Crippen LogP contribution in [0.1, 0.15) is 58.2 Å². The molecule has 1 aromatic rings. The lowest BCUT2D eigenvalue weighted by molar-refractivity contribution is 0.104. The first-order valence-corrected chi connectivity index (χ1v) is 7.37. The summed E-state index contributed by atoms with van der Waals surface area (Å²) in [7, 11) is 0. The molecule has 1 aliphatic carbocycles. The van der Waals surface area contributed by atoms with Gasteiger partial charge in [-0.1, -0.05) is 20.8 Å². The lowest BCUT2D eigenvalue weighted by atomic mass is 9.96. The van der Waals surface area contributed by atoms with Gasteiger partial charge in [0.25, 0.3) is 0 Å². The highest BCUT2D eigenvalue weighted by Gasteiger charge is 2.32. The molecule has 0 saturated heterocycles. The third kappa shape index (κ3) is 3.14. The van der Waals surface area contributed by atoms with Gasteiger partial charge < -0.3 is 5.11 Å². The summed E-state index contributed by atoms with van der Waals surface area (Å²) in [6.45, 7) is 6.55. The van der Waals surface area contributed by atoms with Gasteiger partial charge in [-0.25, -0.2) is 0 Å². The fraction of sp³-hybridized carbons (Fsp3) is 0.800. The lowest BCUT2D eigenvalue weighted by Gasteiger charge is -2.17. The second-order valence-corrected chi connectivity index (χ2v) is 5.73. The molecule has 0 aromatic carbocycles. The van der Waals surface area contributed by atoms with Gasteiger partial charge in [0.05, 0.1) is 17.8 Å². The maximum Gasteiger partial charge on any atom is 0.0650 e. The summed E-state index contributed by atoms with van der Waals surface area (Å²) in [4.78, 5) is 0. The van der Waals surface area contributed by atoms with Gasteiger partial charge in [0, 0.05) is 12.6 Å². The smallest absolute Gasteiger partial charge is 0.0650 e. The third-order valence-corrected chi connectivity index (χ3v) is 4.37. The van der Waals surface area contributed by atoms with E-state index in [4.69, 9.17) is 0 Å². The Morgan fingerprint density at radius 1 is 1.39 bits per heavy atom. The van der Waals surface area contributed by atoms with Crippen molar-refractivity contribution in [3.8, 4) is 0 Å². The number of nitrogens with zero attached hydrogens (tertiary/aromatic N) is 2. The number of rotatable bonds is 7. The molecule has 0 amide bonds. The zero-order chi connectivity index (χ0) is 13.1. The van der Waals surface area contributed by atoms with Gasteiger partial charge >= 0.3 is 0 Å². The van der Waals surface area contributed by atoms with E-state index in [0.29, 0.717) is 18.4 Å². The van der Waals surface area contributed by atoms with Crippen LogP contribution in [-0.4, -0.2) is 21.0 Å². The maximum atomic E-state index is 10.2. The second kappa shape index (κ2) is 5.87. The van der Waals surface area contributed by atoms with E-state index in [0.717, 1.165) is 24.5 Å². The summed E-state index contributed by atoms with van der Waals surface area (Å²) in [6, 6.07) is 2.55. The summed E-state index contributed by atoms with van der Waals surface area (Å²) in [5.74, 6) is 1.17. The Balaban J connectivity index is 1.93. The molecule has 2 unspecified atom stereocenters. The van der Waals surface area contributed by atoms with Crippen molar-refractivity contribution in [2.24, 2.45) is 11.8 Å². The van der Waals surface area contributed by atoms with Crippen LogP contribution in [0.4, 0.5) is 0 Å². The molecule has 1 aromatic heterocycles. The largest absolute Gasteiger partial charge is 0.392 e. The molecule has 1 saturated carbocycles. The molecule has 0 radical (unpaired) electrons. The molecule has 18 heavy (non-hydrogen) atoms. The number of aliphatic hydroxyl groups excluding tert-OH is 1. The predicted molar refractivity (Wildman–Crippen MR) is 73.4 cm³/mol. The van der Waals surface area contributed by atoms with E-state index < -0.39 is 0 Å². The molecule has 2 rings (SSSR count). The highest BCUT2D eigenvalue weighted by molar-refractivity contribution is 5.02. The van der Waals surface area contributed by atoms with Crippen molar-refractivity contribution in [2.45, 2.75) is 65.0 Å². The first-order chi connectivity index (χ1) is 8.65. The Morgan fingerprint density at radius 3 is 2.61 bits per heavy atom. The van der Waals surface area contributed by atoms with Gasteiger partial charge in [0.15, 0.2) is 0 Å². The minimum Gasteiger partial charge on any atom is -0.392 e. The van der Waals surface area contributed by atoms with Crippen molar-refractivity contribution in [3.05, 3.63) is 18.0 Å². The molecule has 0 bridgehead atoms. The van der Waals surface area contributed by atoms with E-state index in [1.807, 2.05) is 0 Å². The fourth-order valence-corrected chi connectivity index (χ4v) is 2.69. The van der Waals surface area contributed by atoms with Crippen LogP contribution in [0.25, 0.3) is 0 Å². The number of hydrogen-bond donors (Lipinski definition) is 1. The average Bonchev–Trinajstić information content (AvgIpc) is 3.12. The van der Waals surface area contributed by atoms with E-state index >= 15 is 0 Å². The Morgan fingerprint density at radius 2 is 2.06 bits per heavy atom. The van der Waals surface area contributed by atoms with Crippen molar-refractivity contribution in [1.82, 2.24) is 9.78 Å². The van der Waals surface area contributed by atoms with Crippen molar-refractivity contribution >= 4 is 0 Å². The monoisotopic (exact) mass is 250 g/mol. The summed E-state index contributed by atoms with van der Waals surface area (Å²) < 4.78 is 2.06. The van der Waals surface area contributed by atoms with Gasteiger partial charge in [0.1, 0.15) is 0 Å². The lowest BCUT2D eigenvalue weighted by Crippen LogP contribution is -2.22. The zero-order valence-corrected chi connectivity index (χ0v) is 11.8. The third-order valence-electron chi connectivity index (χ3n) is 4.37. The van der Waals surface area contributed by atoms with Crippen molar-refractivity contribution < 1.29 is 5.11 Å². The highest BCUT2D eigenvalue weighted by atomic mass is 16.3. The molecular weight excluding hydrogens is 224 g/mol. The van der Waals surface area contributed by atoms with Crippen molar-refractivity contribution in [1.29, 1.82) is 0 Å². The SMILES string of the molecule is CCC(CC)n1ccc(CC(O)C(C)C2CC2)n1. The van der Waals surface area contributed by atoms with Crippen LogP contribution < -0.4 is 0 Å². The molecule has 102 valence electrons. The Labute approximate surface area is 110 Å². The van der Waals surface area contributed by atoms with Crippen molar-refractivity contribution in [3.63, 3.8) is 0 Å². The molecule has 1 N–H and O–H groups in total. The normalized spacial score (nSPS) is 19.2. The Hall–Kier alpha value is -0.830. The van der Waals surface area contributed by atoms with Gasteiger partial charge in [-0.15, -0.1) is 0 Å². The zero-order valence-electron chi connectivity index (χ0n) is 11.8. The van der Waals surface area contributed by atoms with E-state index in [1.165, 1.54) is 12.8 Å². The van der Waals surface area contributed by atoms with E-state index in [2.05, 4.69) is 42.8 Å². The van der Waals surface area contributed by atoms with E-state index in [-0.39, 0.29) is 6.10 Å². The topological polar surface area (TPSA) is 38.0 Å². The minimum atomic E-state index is -0.234. The van der Waals surface area contributed by atoms with Crippen LogP contribution in [0, 0.1) is 11.8 Å². The number of hydrogen-bond acceptors (Lipinski definition) is 2. The first kappa shape index (κ1) is 13.6. The van der Waals surface area contributed by atoms with E-state index in [9.17, 15) is 5.11 Å². The fourth-order valence-electron chi connectivity index (χ4n) is 2.69. The highest BCUT2D eigenvalue weighted by Crippen LogP contribution is 2.38. The quantitative estimate of drug-likeness (QED) is 0.807. The average molecular weight is 250 g/mol. The molecule has 2 atom stereocenters. The van der Waals surface area contributed by atoms with Gasteiger partial charge in [-0.3, -0.25) is 4.68 Å². The first-order valence-electron chi connectivity index (χ1n) is 7.37. The molecule has 0 spiro atoms. The van der Waals surface area contributed by atoms with Crippen LogP contribution in [0.5, 0.6) is 0 Å². The maximum absolute atomic E-state index is 10.2. The van der Waals surface area contributed by atoms with Gasteiger partial charge in [-0.2, -0.15) is 5.10 Å². The standard InChI is InChI=1S/C15H26N2O/c1-4-14(5-2)17-9-8-13(16-17)10-15(18)11(3)12-6-7-12/h8-9,11-12,14-15,18H,4-7,10H2,1-3H3. The van der Waals surface area contributed by atoms with E-state index in [1.54, 1.807) is 0 Å². The molecule has 1 fully saturated rings. The van der Waals surface area contributed by atoms with Crippen LogP contribution >= 0.6 is 0 Å². The second-order valence-electron chi connectivity index (χ2n) is 5.73. The predicted octanol–water partition coefficient (Wildman–Crippen LogP) is 3.19. The Kier molecular flexibility index (Phi) is 4.44. The molecule has 0 aliphatic heterocycles. The summed E-state index contributed by atoms with van der Waals surface area (Å²) >= 11 is 0. The molecule has 3 nitrogen and oxygen atoms in total. The van der Waals surface area contributed by atoms with Gasteiger partial charge in [-0.05, 0) is 43.6 Å². The van der Waals surface area contributed by atoms with Gasteiger partial charge in [0.2, 0.25) is 0 Å². The van der Waals surface area contributed by atoms with Crippen LogP contribution in [0.2, 0.25) is 0 Å². The summed E-state index contributed by atoms with van der Waals surface area (Å²) in [6.07, 6.45) is 7.33. The molecule has 3 heteroatoms.